The zero-order valence-corrected chi connectivity index (χ0v) is 13.0. The molecule has 2 aromatic carbocycles. The monoisotopic (exact) mass is 309 g/mol. The summed E-state index contributed by atoms with van der Waals surface area (Å²) in [5.41, 5.74) is 2.29. The van der Waals surface area contributed by atoms with E-state index in [0.717, 1.165) is 16.8 Å². The van der Waals surface area contributed by atoms with Crippen molar-refractivity contribution in [3.8, 4) is 5.75 Å². The van der Waals surface area contributed by atoms with E-state index in [-0.39, 0.29) is 11.7 Å². The predicted molar refractivity (Wildman–Crippen MR) is 89.3 cm³/mol. The number of phenols is 1. The fourth-order valence-corrected chi connectivity index (χ4v) is 3.08. The number of aliphatic imine (C=N–C) groups is 1. The molecule has 0 aliphatic carbocycles. The molecular formula is C19H19NO3. The molecule has 0 bridgehead atoms. The van der Waals surface area contributed by atoms with Crippen molar-refractivity contribution in [3.63, 3.8) is 0 Å². The first-order valence-corrected chi connectivity index (χ1v) is 7.75. The molecule has 0 radical (unpaired) electrons. The number of fused-ring (bicyclic) bond motifs is 1. The van der Waals surface area contributed by atoms with Crippen LogP contribution >= 0.6 is 0 Å². The van der Waals surface area contributed by atoms with Gasteiger partial charge in [-0.25, -0.2) is 0 Å². The molecule has 0 saturated heterocycles. The van der Waals surface area contributed by atoms with Crippen molar-refractivity contribution < 1.29 is 14.6 Å². The second kappa shape index (κ2) is 6.24. The lowest BCUT2D eigenvalue weighted by Crippen LogP contribution is -2.28. The summed E-state index contributed by atoms with van der Waals surface area (Å²) in [5.74, 6) is -0.0181. The number of benzene rings is 2. The number of esters is 1. The second-order valence-electron chi connectivity index (χ2n) is 5.60. The smallest absolute Gasteiger partial charge is 0.305 e. The van der Waals surface area contributed by atoms with E-state index in [1.165, 1.54) is 0 Å². The number of hydrogen-bond acceptors (Lipinski definition) is 4. The van der Waals surface area contributed by atoms with E-state index in [0.29, 0.717) is 19.4 Å². The Kier molecular flexibility index (Phi) is 4.15. The maximum absolute atomic E-state index is 11.8. The van der Waals surface area contributed by atoms with Gasteiger partial charge in [-0.1, -0.05) is 30.3 Å². The van der Waals surface area contributed by atoms with Gasteiger partial charge < -0.3 is 9.84 Å². The maximum atomic E-state index is 11.8. The fraction of sp³-hybridized carbons (Fsp3) is 0.263. The van der Waals surface area contributed by atoms with Crippen molar-refractivity contribution in [3.05, 3.63) is 59.7 Å². The Morgan fingerprint density at radius 1 is 1.22 bits per heavy atom. The summed E-state index contributed by atoms with van der Waals surface area (Å²) in [6.07, 6.45) is 2.73. The van der Waals surface area contributed by atoms with Crippen molar-refractivity contribution in [2.24, 2.45) is 4.99 Å². The number of rotatable bonds is 5. The lowest BCUT2D eigenvalue weighted by Gasteiger charge is -2.28. The first kappa shape index (κ1) is 15.3. The Morgan fingerprint density at radius 2 is 2.00 bits per heavy atom. The molecule has 1 atom stereocenters. The molecule has 3 rings (SSSR count). The molecule has 1 aliphatic heterocycles. The number of nitrogens with zero attached hydrogens (tertiary/aromatic N) is 1. The Labute approximate surface area is 135 Å². The molecule has 0 aromatic heterocycles. The van der Waals surface area contributed by atoms with Crippen molar-refractivity contribution in [1.29, 1.82) is 0 Å². The van der Waals surface area contributed by atoms with E-state index >= 15 is 0 Å². The molecular weight excluding hydrogens is 290 g/mol. The van der Waals surface area contributed by atoms with E-state index in [1.807, 2.05) is 36.5 Å². The molecule has 2 aromatic rings. The van der Waals surface area contributed by atoms with E-state index in [9.17, 15) is 9.90 Å². The second-order valence-corrected chi connectivity index (χ2v) is 5.60. The zero-order valence-electron chi connectivity index (χ0n) is 13.0. The molecule has 0 spiro atoms. The van der Waals surface area contributed by atoms with Gasteiger partial charge in [0.05, 0.1) is 17.7 Å². The van der Waals surface area contributed by atoms with Gasteiger partial charge in [0.15, 0.2) is 0 Å². The minimum absolute atomic E-state index is 0.200. The van der Waals surface area contributed by atoms with Gasteiger partial charge in [-0.15, -0.1) is 0 Å². The molecule has 1 heterocycles. The summed E-state index contributed by atoms with van der Waals surface area (Å²) >= 11 is 0. The minimum atomic E-state index is -0.512. The van der Waals surface area contributed by atoms with Crippen LogP contribution in [0.1, 0.15) is 30.9 Å². The Hall–Kier alpha value is -2.62. The number of ether oxygens (including phenoxy) is 1. The van der Waals surface area contributed by atoms with Gasteiger partial charge in [-0.2, -0.15) is 0 Å². The molecule has 0 amide bonds. The van der Waals surface area contributed by atoms with E-state index in [1.54, 1.807) is 25.1 Å². The fourth-order valence-electron chi connectivity index (χ4n) is 3.08. The van der Waals surface area contributed by atoms with Crippen LogP contribution in [-0.4, -0.2) is 23.9 Å². The quantitative estimate of drug-likeness (QED) is 0.856. The van der Waals surface area contributed by atoms with Crippen LogP contribution < -0.4 is 0 Å². The van der Waals surface area contributed by atoms with Crippen molar-refractivity contribution in [1.82, 2.24) is 0 Å². The average Bonchev–Trinajstić information content (AvgIpc) is 2.93. The highest BCUT2D eigenvalue weighted by Gasteiger charge is 2.38. The van der Waals surface area contributed by atoms with Gasteiger partial charge in [0.1, 0.15) is 5.75 Å². The van der Waals surface area contributed by atoms with Gasteiger partial charge in [0.2, 0.25) is 0 Å². The minimum Gasteiger partial charge on any atom is -0.508 e. The standard InChI is InChI=1S/C19H19NO3/c1-2-23-18(22)10-11-19(14-6-4-3-5-7-14)13-20-17-9-8-15(21)12-16(17)19/h3-9,12-13,21H,2,10-11H2,1H3. The number of aromatic hydroxyl groups is 1. The topological polar surface area (TPSA) is 58.9 Å². The maximum Gasteiger partial charge on any atom is 0.305 e. The van der Waals surface area contributed by atoms with Crippen LogP contribution in [0, 0.1) is 0 Å². The summed E-state index contributed by atoms with van der Waals surface area (Å²) in [5, 5.41) is 9.89. The molecule has 23 heavy (non-hydrogen) atoms. The van der Waals surface area contributed by atoms with Gasteiger partial charge in [0.25, 0.3) is 0 Å². The summed E-state index contributed by atoms with van der Waals surface area (Å²) in [6.45, 7) is 2.18. The third-order valence-electron chi connectivity index (χ3n) is 4.20. The van der Waals surface area contributed by atoms with E-state index in [2.05, 4.69) is 4.99 Å². The first-order chi connectivity index (χ1) is 11.2. The highest BCUT2D eigenvalue weighted by Crippen LogP contribution is 2.45. The first-order valence-electron chi connectivity index (χ1n) is 7.75. The van der Waals surface area contributed by atoms with Crippen LogP contribution in [0.25, 0.3) is 0 Å². The van der Waals surface area contributed by atoms with E-state index in [4.69, 9.17) is 4.74 Å². The summed E-state index contributed by atoms with van der Waals surface area (Å²) in [4.78, 5) is 16.3. The molecule has 118 valence electrons. The number of hydrogen-bond donors (Lipinski definition) is 1. The summed E-state index contributed by atoms with van der Waals surface area (Å²) in [7, 11) is 0. The SMILES string of the molecule is CCOC(=O)CCC1(c2ccccc2)C=Nc2ccc(O)cc21. The number of carbonyl (C=O) groups is 1. The molecule has 4 nitrogen and oxygen atoms in total. The van der Waals surface area contributed by atoms with Gasteiger partial charge in [-0.3, -0.25) is 9.79 Å². The lowest BCUT2D eigenvalue weighted by molar-refractivity contribution is -0.143. The van der Waals surface area contributed by atoms with Crippen LogP contribution in [0.5, 0.6) is 5.75 Å². The zero-order chi connectivity index (χ0) is 16.3. The Bertz CT molecular complexity index is 740. The van der Waals surface area contributed by atoms with Crippen molar-refractivity contribution in [2.45, 2.75) is 25.2 Å². The summed E-state index contributed by atoms with van der Waals surface area (Å²) < 4.78 is 5.06. The lowest BCUT2D eigenvalue weighted by atomic mass is 9.73. The van der Waals surface area contributed by atoms with Gasteiger partial charge in [0, 0.05) is 12.6 Å². The summed E-state index contributed by atoms with van der Waals surface area (Å²) in [6, 6.07) is 15.1. The Balaban J connectivity index is 2.02. The van der Waals surface area contributed by atoms with Crippen LogP contribution in [-0.2, 0) is 14.9 Å². The molecule has 1 N–H and O–H groups in total. The molecule has 1 unspecified atom stereocenters. The van der Waals surface area contributed by atoms with Gasteiger partial charge >= 0.3 is 5.97 Å². The van der Waals surface area contributed by atoms with Crippen LogP contribution in [0.4, 0.5) is 5.69 Å². The van der Waals surface area contributed by atoms with Gasteiger partial charge in [-0.05, 0) is 42.7 Å². The number of carbonyl (C=O) groups excluding carboxylic acids is 1. The highest BCUT2D eigenvalue weighted by molar-refractivity contribution is 5.90. The normalized spacial score (nSPS) is 18.7. The highest BCUT2D eigenvalue weighted by atomic mass is 16.5. The molecule has 0 saturated carbocycles. The third-order valence-corrected chi connectivity index (χ3v) is 4.20. The third kappa shape index (κ3) is 2.84. The predicted octanol–water partition coefficient (Wildman–Crippen LogP) is 3.74. The molecule has 0 fully saturated rings. The number of phenolic OH excluding ortho intramolecular Hbond substituents is 1. The van der Waals surface area contributed by atoms with Crippen molar-refractivity contribution in [2.75, 3.05) is 6.61 Å². The average molecular weight is 309 g/mol. The van der Waals surface area contributed by atoms with Crippen LogP contribution in [0.2, 0.25) is 0 Å². The Morgan fingerprint density at radius 3 is 2.74 bits per heavy atom. The van der Waals surface area contributed by atoms with Crippen LogP contribution in [0.15, 0.2) is 53.5 Å². The van der Waals surface area contributed by atoms with Crippen molar-refractivity contribution >= 4 is 17.9 Å². The van der Waals surface area contributed by atoms with E-state index < -0.39 is 5.41 Å². The largest absolute Gasteiger partial charge is 0.508 e. The molecule has 4 heteroatoms. The molecule has 1 aliphatic rings. The van der Waals surface area contributed by atoms with Crippen LogP contribution in [0.3, 0.4) is 0 Å².